The van der Waals surface area contributed by atoms with E-state index in [2.05, 4.69) is 5.32 Å². The predicted octanol–water partition coefficient (Wildman–Crippen LogP) is 2.89. The minimum absolute atomic E-state index is 0.331. The normalized spacial score (nSPS) is 11.5. The summed E-state index contributed by atoms with van der Waals surface area (Å²) in [6.07, 6.45) is 0. The molecule has 1 atom stereocenters. The number of carboxylic acids is 1. The van der Waals surface area contributed by atoms with Crippen molar-refractivity contribution >= 4 is 11.7 Å². The highest BCUT2D eigenvalue weighted by molar-refractivity contribution is 5.78. The number of nitrogens with one attached hydrogen (secondary N) is 1. The summed E-state index contributed by atoms with van der Waals surface area (Å²) in [6.45, 7) is 6.88. The molecular formula is C21H23N2O4-. The van der Waals surface area contributed by atoms with Gasteiger partial charge in [-0.1, -0.05) is 13.8 Å². The van der Waals surface area contributed by atoms with Crippen molar-refractivity contribution in [3.8, 4) is 17.6 Å². The first kappa shape index (κ1) is 20.1. The molecule has 6 heteroatoms. The van der Waals surface area contributed by atoms with Crippen LogP contribution in [0.15, 0.2) is 42.5 Å². The van der Waals surface area contributed by atoms with Crippen molar-refractivity contribution in [3.63, 3.8) is 0 Å². The maximum atomic E-state index is 11.8. The van der Waals surface area contributed by atoms with Crippen molar-refractivity contribution in [3.05, 3.63) is 53.6 Å². The molecule has 6 nitrogen and oxygen atoms in total. The SMILES string of the molecule is CCOc1cc(OCC(C)C)cc(C(Nc2ccc(C#N)cc2)C(=O)[O-])c1. The van der Waals surface area contributed by atoms with Crippen molar-refractivity contribution in [1.82, 2.24) is 0 Å². The van der Waals surface area contributed by atoms with Crippen LogP contribution >= 0.6 is 0 Å². The molecule has 0 aliphatic rings. The third-order valence-electron chi connectivity index (χ3n) is 3.69. The number of nitrogens with zero attached hydrogens (tertiary/aromatic N) is 1. The molecule has 0 fully saturated rings. The molecule has 1 unspecified atom stereocenters. The Balaban J connectivity index is 2.33. The van der Waals surface area contributed by atoms with E-state index in [0.29, 0.717) is 47.4 Å². The molecule has 0 aromatic heterocycles. The Kier molecular flexibility index (Phi) is 7.07. The predicted molar refractivity (Wildman–Crippen MR) is 100 cm³/mol. The van der Waals surface area contributed by atoms with Gasteiger partial charge in [0.05, 0.1) is 36.9 Å². The van der Waals surface area contributed by atoms with Gasteiger partial charge in [0.25, 0.3) is 0 Å². The summed E-state index contributed by atoms with van der Waals surface area (Å²) in [6, 6.07) is 12.5. The molecule has 27 heavy (non-hydrogen) atoms. The zero-order valence-electron chi connectivity index (χ0n) is 15.7. The number of carbonyl (C=O) groups excluding carboxylic acids is 1. The standard InChI is InChI=1S/C21H24N2O4/c1-4-26-18-9-16(10-19(11-18)27-13-14(2)3)20(21(24)25)23-17-7-5-15(12-22)6-8-17/h5-11,14,20,23H,4,13H2,1-3H3,(H,24,25)/p-1. The minimum Gasteiger partial charge on any atom is -0.548 e. The van der Waals surface area contributed by atoms with E-state index in [9.17, 15) is 9.90 Å². The topological polar surface area (TPSA) is 94.4 Å². The minimum atomic E-state index is -1.28. The van der Waals surface area contributed by atoms with Crippen LogP contribution in [-0.4, -0.2) is 19.2 Å². The second-order valence-corrected chi connectivity index (χ2v) is 6.46. The van der Waals surface area contributed by atoms with E-state index < -0.39 is 12.0 Å². The summed E-state index contributed by atoms with van der Waals surface area (Å²) < 4.78 is 11.3. The van der Waals surface area contributed by atoms with Crippen LogP contribution < -0.4 is 19.9 Å². The Hall–Kier alpha value is -3.20. The number of ether oxygens (including phenoxy) is 2. The van der Waals surface area contributed by atoms with Crippen molar-refractivity contribution < 1.29 is 19.4 Å². The second kappa shape index (κ2) is 9.48. The van der Waals surface area contributed by atoms with Crippen LogP contribution in [0, 0.1) is 17.2 Å². The number of rotatable bonds is 9. The van der Waals surface area contributed by atoms with Crippen LogP contribution in [0.3, 0.4) is 0 Å². The van der Waals surface area contributed by atoms with E-state index in [4.69, 9.17) is 14.7 Å². The molecule has 0 saturated carbocycles. The molecule has 142 valence electrons. The largest absolute Gasteiger partial charge is 0.548 e. The number of carbonyl (C=O) groups is 1. The Morgan fingerprint density at radius 2 is 1.78 bits per heavy atom. The van der Waals surface area contributed by atoms with Gasteiger partial charge in [-0.3, -0.25) is 0 Å². The van der Waals surface area contributed by atoms with Gasteiger partial charge >= 0.3 is 0 Å². The summed E-state index contributed by atoms with van der Waals surface area (Å²) in [5, 5.41) is 23.6. The molecule has 0 spiro atoms. The number of aliphatic carboxylic acids is 1. The Morgan fingerprint density at radius 1 is 1.15 bits per heavy atom. The third kappa shape index (κ3) is 5.93. The first-order chi connectivity index (χ1) is 12.9. The van der Waals surface area contributed by atoms with E-state index in [0.717, 1.165) is 0 Å². The van der Waals surface area contributed by atoms with Gasteiger partial charge in [0, 0.05) is 11.8 Å². The summed E-state index contributed by atoms with van der Waals surface area (Å²) in [7, 11) is 0. The fourth-order valence-corrected chi connectivity index (χ4v) is 2.44. The summed E-state index contributed by atoms with van der Waals surface area (Å²) in [5.41, 5.74) is 1.52. The zero-order chi connectivity index (χ0) is 19.8. The van der Waals surface area contributed by atoms with Crippen molar-refractivity contribution in [1.29, 1.82) is 5.26 Å². The molecule has 0 aliphatic carbocycles. The lowest BCUT2D eigenvalue weighted by Gasteiger charge is -2.23. The highest BCUT2D eigenvalue weighted by Crippen LogP contribution is 2.29. The fourth-order valence-electron chi connectivity index (χ4n) is 2.44. The maximum Gasteiger partial charge on any atom is 0.123 e. The van der Waals surface area contributed by atoms with Gasteiger partial charge in [-0.2, -0.15) is 5.26 Å². The molecule has 2 aromatic carbocycles. The lowest BCUT2D eigenvalue weighted by Crippen LogP contribution is -2.34. The number of hydrogen-bond acceptors (Lipinski definition) is 6. The van der Waals surface area contributed by atoms with Gasteiger partial charge in [-0.25, -0.2) is 0 Å². The van der Waals surface area contributed by atoms with Crippen LogP contribution in [0.25, 0.3) is 0 Å². The Bertz CT molecular complexity index is 810. The van der Waals surface area contributed by atoms with E-state index in [1.807, 2.05) is 26.8 Å². The fraction of sp³-hybridized carbons (Fsp3) is 0.333. The van der Waals surface area contributed by atoms with Crippen LogP contribution in [-0.2, 0) is 4.79 Å². The molecule has 2 aromatic rings. The van der Waals surface area contributed by atoms with Gasteiger partial charge < -0.3 is 24.7 Å². The molecule has 1 N–H and O–H groups in total. The molecule has 0 amide bonds. The smallest absolute Gasteiger partial charge is 0.123 e. The first-order valence-electron chi connectivity index (χ1n) is 8.81. The number of benzene rings is 2. The Morgan fingerprint density at radius 3 is 2.30 bits per heavy atom. The number of hydrogen-bond donors (Lipinski definition) is 1. The second-order valence-electron chi connectivity index (χ2n) is 6.46. The lowest BCUT2D eigenvalue weighted by atomic mass is 10.1. The van der Waals surface area contributed by atoms with Gasteiger partial charge in [0.2, 0.25) is 0 Å². The van der Waals surface area contributed by atoms with E-state index >= 15 is 0 Å². The summed E-state index contributed by atoms with van der Waals surface area (Å²) in [5.74, 6) is 0.125. The highest BCUT2D eigenvalue weighted by atomic mass is 16.5. The van der Waals surface area contributed by atoms with Crippen LogP contribution in [0.1, 0.15) is 37.9 Å². The molecular weight excluding hydrogens is 344 g/mol. The quantitative estimate of drug-likeness (QED) is 0.732. The molecule has 2 rings (SSSR count). The summed E-state index contributed by atoms with van der Waals surface area (Å²) in [4.78, 5) is 11.8. The van der Waals surface area contributed by atoms with Crippen LogP contribution in [0.5, 0.6) is 11.5 Å². The van der Waals surface area contributed by atoms with Gasteiger partial charge in [0.15, 0.2) is 0 Å². The first-order valence-corrected chi connectivity index (χ1v) is 8.81. The molecule has 0 aliphatic heterocycles. The van der Waals surface area contributed by atoms with Crippen molar-refractivity contribution in [2.75, 3.05) is 18.5 Å². The zero-order valence-corrected chi connectivity index (χ0v) is 15.7. The van der Waals surface area contributed by atoms with E-state index in [-0.39, 0.29) is 0 Å². The van der Waals surface area contributed by atoms with Gasteiger partial charge in [-0.05, 0) is 54.8 Å². The van der Waals surface area contributed by atoms with Gasteiger partial charge in [-0.15, -0.1) is 0 Å². The molecule has 0 saturated heterocycles. The van der Waals surface area contributed by atoms with Crippen molar-refractivity contribution in [2.45, 2.75) is 26.8 Å². The Labute approximate surface area is 159 Å². The monoisotopic (exact) mass is 367 g/mol. The maximum absolute atomic E-state index is 11.8. The summed E-state index contributed by atoms with van der Waals surface area (Å²) >= 11 is 0. The average molecular weight is 367 g/mol. The third-order valence-corrected chi connectivity index (χ3v) is 3.69. The molecule has 0 heterocycles. The lowest BCUT2D eigenvalue weighted by molar-refractivity contribution is -0.307. The molecule has 0 radical (unpaired) electrons. The molecule has 0 bridgehead atoms. The van der Waals surface area contributed by atoms with E-state index in [1.54, 1.807) is 42.5 Å². The van der Waals surface area contributed by atoms with Crippen molar-refractivity contribution in [2.24, 2.45) is 5.92 Å². The average Bonchev–Trinajstić information content (AvgIpc) is 2.64. The number of carboxylic acid groups (broad SMARTS) is 1. The number of nitriles is 1. The highest BCUT2D eigenvalue weighted by Gasteiger charge is 2.16. The van der Waals surface area contributed by atoms with Crippen LogP contribution in [0.2, 0.25) is 0 Å². The van der Waals surface area contributed by atoms with E-state index in [1.165, 1.54) is 0 Å². The van der Waals surface area contributed by atoms with Crippen LogP contribution in [0.4, 0.5) is 5.69 Å². The number of anilines is 1. The van der Waals surface area contributed by atoms with Gasteiger partial charge in [0.1, 0.15) is 11.5 Å².